The molecule has 0 aliphatic rings. The second-order valence-corrected chi connectivity index (χ2v) is 4.78. The lowest BCUT2D eigenvalue weighted by molar-refractivity contribution is -0.385. The number of methoxy groups -OCH3 is 1. The Kier molecular flexibility index (Phi) is 4.36. The third kappa shape index (κ3) is 2.97. The number of aryl methyl sites for hydroxylation is 1. The summed E-state index contributed by atoms with van der Waals surface area (Å²) in [5.74, 6) is 0. The molecule has 2 rings (SSSR count). The van der Waals surface area contributed by atoms with Crippen LogP contribution in [0.15, 0.2) is 24.3 Å². The van der Waals surface area contributed by atoms with Gasteiger partial charge < -0.3 is 4.74 Å². The molecule has 6 nitrogen and oxygen atoms in total. The first-order valence-electron chi connectivity index (χ1n) is 5.97. The average Bonchev–Trinajstić information content (AvgIpc) is 2.66. The first-order chi connectivity index (χ1) is 9.52. The Morgan fingerprint density at radius 3 is 2.85 bits per heavy atom. The van der Waals surface area contributed by atoms with Crippen molar-refractivity contribution < 1.29 is 9.66 Å². The van der Waals surface area contributed by atoms with E-state index in [0.717, 1.165) is 11.1 Å². The van der Waals surface area contributed by atoms with Crippen LogP contribution in [-0.2, 0) is 17.9 Å². The van der Waals surface area contributed by atoms with Gasteiger partial charge in [-0.25, -0.2) is 4.68 Å². The highest BCUT2D eigenvalue weighted by Crippen LogP contribution is 2.29. The number of hydrogen-bond acceptors (Lipinski definition) is 4. The van der Waals surface area contributed by atoms with Crippen LogP contribution in [0.1, 0.15) is 16.8 Å². The van der Waals surface area contributed by atoms with Crippen molar-refractivity contribution in [2.24, 2.45) is 0 Å². The van der Waals surface area contributed by atoms with E-state index in [1.54, 1.807) is 0 Å². The lowest BCUT2D eigenvalue weighted by Crippen LogP contribution is -2.03. The normalized spacial score (nSPS) is 10.8. The lowest BCUT2D eigenvalue weighted by Gasteiger charge is -2.03. The van der Waals surface area contributed by atoms with Gasteiger partial charge in [-0.3, -0.25) is 10.1 Å². The predicted molar refractivity (Wildman–Crippen MR) is 74.9 cm³/mol. The molecule has 7 heteroatoms. The number of ether oxygens (including phenoxy) is 1. The van der Waals surface area contributed by atoms with Crippen molar-refractivity contribution in [1.29, 1.82) is 0 Å². The van der Waals surface area contributed by atoms with E-state index in [0.29, 0.717) is 6.54 Å². The fraction of sp³-hybridized carbons (Fsp3) is 0.308. The minimum absolute atomic E-state index is 0.0172. The third-order valence-electron chi connectivity index (χ3n) is 2.82. The molecule has 0 saturated heterocycles. The van der Waals surface area contributed by atoms with Crippen molar-refractivity contribution in [3.8, 4) is 0 Å². The molecule has 1 heterocycles. The average molecular weight is 296 g/mol. The topological polar surface area (TPSA) is 70.2 Å². The van der Waals surface area contributed by atoms with Crippen molar-refractivity contribution >= 4 is 17.3 Å². The molecule has 1 aromatic carbocycles. The van der Waals surface area contributed by atoms with Crippen LogP contribution in [0.25, 0.3) is 0 Å². The molecule has 106 valence electrons. The highest BCUT2D eigenvalue weighted by Gasteiger charge is 2.26. The molecule has 0 aliphatic carbocycles. The maximum atomic E-state index is 11.0. The zero-order chi connectivity index (χ0) is 14.7. The van der Waals surface area contributed by atoms with Crippen molar-refractivity contribution in [3.05, 3.63) is 56.4 Å². The molecule has 0 saturated carbocycles. The molecule has 2 aromatic rings. The van der Waals surface area contributed by atoms with Gasteiger partial charge in [-0.15, -0.1) is 0 Å². The fourth-order valence-corrected chi connectivity index (χ4v) is 2.26. The summed E-state index contributed by atoms with van der Waals surface area (Å²) in [7, 11) is 1.46. The van der Waals surface area contributed by atoms with Crippen LogP contribution in [0.3, 0.4) is 0 Å². The van der Waals surface area contributed by atoms with E-state index in [9.17, 15) is 10.1 Å². The highest BCUT2D eigenvalue weighted by atomic mass is 35.5. The number of nitro groups is 1. The van der Waals surface area contributed by atoms with Crippen LogP contribution in [-0.4, -0.2) is 21.8 Å². The molecule has 0 spiro atoms. The van der Waals surface area contributed by atoms with E-state index in [-0.39, 0.29) is 23.1 Å². The Morgan fingerprint density at radius 2 is 2.25 bits per heavy atom. The largest absolute Gasteiger partial charge is 0.378 e. The second kappa shape index (κ2) is 6.02. The summed E-state index contributed by atoms with van der Waals surface area (Å²) in [5.41, 5.74) is 2.13. The van der Waals surface area contributed by atoms with Gasteiger partial charge in [0.2, 0.25) is 5.15 Å². The van der Waals surface area contributed by atoms with Gasteiger partial charge in [0.1, 0.15) is 0 Å². The van der Waals surface area contributed by atoms with Crippen molar-refractivity contribution in [2.75, 3.05) is 7.11 Å². The summed E-state index contributed by atoms with van der Waals surface area (Å²) in [5, 5.41) is 15.2. The summed E-state index contributed by atoms with van der Waals surface area (Å²) < 4.78 is 6.34. The van der Waals surface area contributed by atoms with Gasteiger partial charge in [-0.2, -0.15) is 5.10 Å². The summed E-state index contributed by atoms with van der Waals surface area (Å²) in [6.45, 7) is 2.41. The molecule has 0 N–H and O–H groups in total. The molecule has 0 aliphatic heterocycles. The predicted octanol–water partition coefficient (Wildman–Crippen LogP) is 2.95. The summed E-state index contributed by atoms with van der Waals surface area (Å²) in [6, 6.07) is 7.81. The van der Waals surface area contributed by atoms with E-state index in [4.69, 9.17) is 16.3 Å². The Hall–Kier alpha value is -1.92. The number of rotatable bonds is 5. The monoisotopic (exact) mass is 295 g/mol. The Labute approximate surface area is 121 Å². The third-order valence-corrected chi connectivity index (χ3v) is 3.19. The summed E-state index contributed by atoms with van der Waals surface area (Å²) >= 11 is 6.05. The quantitative estimate of drug-likeness (QED) is 0.628. The van der Waals surface area contributed by atoms with Crippen LogP contribution >= 0.6 is 11.6 Å². The second-order valence-electron chi connectivity index (χ2n) is 4.42. The molecule has 0 atom stereocenters. The number of aromatic nitrogens is 2. The SMILES string of the molecule is COCc1nn(Cc2cccc(C)c2)c(Cl)c1[N+](=O)[O-]. The molecule has 20 heavy (non-hydrogen) atoms. The maximum absolute atomic E-state index is 11.0. The van der Waals surface area contributed by atoms with Gasteiger partial charge >= 0.3 is 5.69 Å². The first-order valence-corrected chi connectivity index (χ1v) is 6.34. The van der Waals surface area contributed by atoms with Gasteiger partial charge in [0.05, 0.1) is 18.1 Å². The zero-order valence-electron chi connectivity index (χ0n) is 11.2. The molecule has 0 fully saturated rings. The van der Waals surface area contributed by atoms with Crippen LogP contribution in [0.5, 0.6) is 0 Å². The molecule has 1 aromatic heterocycles. The first kappa shape index (κ1) is 14.5. The van der Waals surface area contributed by atoms with E-state index in [2.05, 4.69) is 5.10 Å². The van der Waals surface area contributed by atoms with Crippen molar-refractivity contribution in [2.45, 2.75) is 20.1 Å². The van der Waals surface area contributed by atoms with E-state index >= 15 is 0 Å². The lowest BCUT2D eigenvalue weighted by atomic mass is 10.1. The molecule has 0 radical (unpaired) electrons. The zero-order valence-corrected chi connectivity index (χ0v) is 11.9. The molecular formula is C13H14ClN3O3. The molecule has 0 amide bonds. The Morgan fingerprint density at radius 1 is 1.50 bits per heavy atom. The maximum Gasteiger partial charge on any atom is 0.331 e. The van der Waals surface area contributed by atoms with E-state index in [1.165, 1.54) is 11.8 Å². The van der Waals surface area contributed by atoms with Gasteiger partial charge in [0, 0.05) is 7.11 Å². The van der Waals surface area contributed by atoms with Gasteiger partial charge in [-0.1, -0.05) is 41.4 Å². The smallest absolute Gasteiger partial charge is 0.331 e. The minimum atomic E-state index is -0.531. The Balaban J connectivity index is 2.37. The molecular weight excluding hydrogens is 282 g/mol. The molecule has 0 unspecified atom stereocenters. The number of halogens is 1. The van der Waals surface area contributed by atoms with E-state index in [1.807, 2.05) is 31.2 Å². The van der Waals surface area contributed by atoms with Crippen LogP contribution in [0.2, 0.25) is 5.15 Å². The number of hydrogen-bond donors (Lipinski definition) is 0. The number of nitrogens with zero attached hydrogens (tertiary/aromatic N) is 3. The Bertz CT molecular complexity index is 640. The van der Waals surface area contributed by atoms with Crippen LogP contribution < -0.4 is 0 Å². The minimum Gasteiger partial charge on any atom is -0.378 e. The van der Waals surface area contributed by atoms with Gasteiger partial charge in [0.15, 0.2) is 5.69 Å². The van der Waals surface area contributed by atoms with Crippen molar-refractivity contribution in [1.82, 2.24) is 9.78 Å². The summed E-state index contributed by atoms with van der Waals surface area (Å²) in [4.78, 5) is 10.5. The van der Waals surface area contributed by atoms with Crippen LogP contribution in [0.4, 0.5) is 5.69 Å². The number of benzene rings is 1. The molecule has 0 bridgehead atoms. The van der Waals surface area contributed by atoms with Crippen molar-refractivity contribution in [3.63, 3.8) is 0 Å². The van der Waals surface area contributed by atoms with Crippen LogP contribution in [0, 0.1) is 17.0 Å². The van der Waals surface area contributed by atoms with E-state index < -0.39 is 4.92 Å². The van der Waals surface area contributed by atoms with Gasteiger partial charge in [0.25, 0.3) is 0 Å². The summed E-state index contributed by atoms with van der Waals surface area (Å²) in [6.07, 6.45) is 0. The van der Waals surface area contributed by atoms with Gasteiger partial charge in [-0.05, 0) is 12.5 Å². The fourth-order valence-electron chi connectivity index (χ4n) is 1.98. The standard InChI is InChI=1S/C13H14ClN3O3/c1-9-4-3-5-10(6-9)7-16-13(14)12(17(18)19)11(15-16)8-20-2/h3-6H,7-8H2,1-2H3. The highest BCUT2D eigenvalue weighted by molar-refractivity contribution is 6.31.